The summed E-state index contributed by atoms with van der Waals surface area (Å²) < 4.78 is 0. The molecular formula is C15H20N4O. The number of nitrogens with one attached hydrogen (secondary N) is 3. The molecule has 1 aromatic carbocycles. The van der Waals surface area contributed by atoms with Crippen LogP contribution in [0.2, 0.25) is 0 Å². The molecule has 1 amide bonds. The van der Waals surface area contributed by atoms with E-state index in [0.717, 1.165) is 16.8 Å². The lowest BCUT2D eigenvalue weighted by atomic mass is 10.1. The van der Waals surface area contributed by atoms with E-state index in [4.69, 9.17) is 0 Å². The third-order valence-electron chi connectivity index (χ3n) is 3.19. The minimum atomic E-state index is -0.0238. The van der Waals surface area contributed by atoms with Crippen LogP contribution in [0.25, 0.3) is 11.3 Å². The highest BCUT2D eigenvalue weighted by molar-refractivity contribution is 5.78. The number of aromatic nitrogens is 2. The van der Waals surface area contributed by atoms with Gasteiger partial charge in [-0.25, -0.2) is 0 Å². The van der Waals surface area contributed by atoms with E-state index in [1.165, 1.54) is 0 Å². The van der Waals surface area contributed by atoms with Crippen molar-refractivity contribution in [1.29, 1.82) is 0 Å². The van der Waals surface area contributed by atoms with Gasteiger partial charge in [0.2, 0.25) is 5.91 Å². The second-order valence-corrected chi connectivity index (χ2v) is 4.84. The zero-order valence-corrected chi connectivity index (χ0v) is 11.8. The summed E-state index contributed by atoms with van der Waals surface area (Å²) >= 11 is 0. The quantitative estimate of drug-likeness (QED) is 0.747. The van der Waals surface area contributed by atoms with Gasteiger partial charge in [0.25, 0.3) is 0 Å². The Kier molecular flexibility index (Phi) is 4.90. The van der Waals surface area contributed by atoms with Gasteiger partial charge in [0.1, 0.15) is 0 Å². The third kappa shape index (κ3) is 3.68. The highest BCUT2D eigenvalue weighted by Crippen LogP contribution is 2.16. The Hall–Kier alpha value is -2.14. The molecular weight excluding hydrogens is 252 g/mol. The molecule has 0 saturated heterocycles. The van der Waals surface area contributed by atoms with Gasteiger partial charge in [-0.05, 0) is 24.2 Å². The summed E-state index contributed by atoms with van der Waals surface area (Å²) in [6, 6.07) is 9.99. The van der Waals surface area contributed by atoms with Crippen LogP contribution in [-0.4, -0.2) is 29.7 Å². The maximum Gasteiger partial charge on any atom is 0.224 e. The van der Waals surface area contributed by atoms with Crippen LogP contribution in [0.3, 0.4) is 0 Å². The van der Waals surface area contributed by atoms with Gasteiger partial charge in [-0.1, -0.05) is 31.2 Å². The van der Waals surface area contributed by atoms with E-state index >= 15 is 0 Å². The summed E-state index contributed by atoms with van der Waals surface area (Å²) in [6.45, 7) is 3.15. The maximum absolute atomic E-state index is 11.8. The third-order valence-corrected chi connectivity index (χ3v) is 3.19. The van der Waals surface area contributed by atoms with E-state index in [-0.39, 0.29) is 11.8 Å². The number of hydrogen-bond acceptors (Lipinski definition) is 3. The maximum atomic E-state index is 11.8. The monoisotopic (exact) mass is 272 g/mol. The largest absolute Gasteiger partial charge is 0.352 e. The normalized spacial score (nSPS) is 12.1. The van der Waals surface area contributed by atoms with Crippen molar-refractivity contribution in [2.45, 2.75) is 13.5 Å². The number of amides is 1. The van der Waals surface area contributed by atoms with Gasteiger partial charge < -0.3 is 10.6 Å². The van der Waals surface area contributed by atoms with Crippen LogP contribution in [0, 0.1) is 5.92 Å². The molecule has 0 bridgehead atoms. The van der Waals surface area contributed by atoms with Gasteiger partial charge in [0, 0.05) is 25.2 Å². The highest BCUT2D eigenvalue weighted by Gasteiger charge is 2.10. The fraction of sp³-hybridized carbons (Fsp3) is 0.333. The number of nitrogens with zero attached hydrogens (tertiary/aromatic N) is 1. The molecule has 0 radical (unpaired) electrons. The van der Waals surface area contributed by atoms with E-state index in [1.54, 1.807) is 6.20 Å². The van der Waals surface area contributed by atoms with Crippen molar-refractivity contribution >= 4 is 5.91 Å². The molecule has 2 rings (SSSR count). The molecule has 1 atom stereocenters. The van der Waals surface area contributed by atoms with Crippen LogP contribution in [0.4, 0.5) is 0 Å². The lowest BCUT2D eigenvalue weighted by Crippen LogP contribution is -2.33. The van der Waals surface area contributed by atoms with Crippen LogP contribution in [0.1, 0.15) is 12.5 Å². The number of carbonyl (C=O) groups is 1. The second-order valence-electron chi connectivity index (χ2n) is 4.84. The number of aromatic amines is 1. The first kappa shape index (κ1) is 14.3. The van der Waals surface area contributed by atoms with Crippen molar-refractivity contribution in [2.24, 2.45) is 5.92 Å². The van der Waals surface area contributed by atoms with Crippen LogP contribution >= 0.6 is 0 Å². The number of H-pyrrole nitrogens is 1. The molecule has 3 N–H and O–H groups in total. The van der Waals surface area contributed by atoms with E-state index in [0.29, 0.717) is 13.1 Å². The minimum absolute atomic E-state index is 0.0238. The molecule has 0 aliphatic rings. The Morgan fingerprint density at radius 2 is 2.05 bits per heavy atom. The van der Waals surface area contributed by atoms with Crippen LogP contribution in [0.5, 0.6) is 0 Å². The first-order valence-electron chi connectivity index (χ1n) is 6.71. The molecule has 1 aromatic heterocycles. The summed E-state index contributed by atoms with van der Waals surface area (Å²) in [4.78, 5) is 11.8. The topological polar surface area (TPSA) is 69.8 Å². The zero-order chi connectivity index (χ0) is 14.4. The predicted octanol–water partition coefficient (Wildman–Crippen LogP) is 1.55. The fourth-order valence-corrected chi connectivity index (χ4v) is 1.98. The van der Waals surface area contributed by atoms with Crippen LogP contribution in [-0.2, 0) is 11.3 Å². The number of benzene rings is 1. The van der Waals surface area contributed by atoms with E-state index in [2.05, 4.69) is 20.8 Å². The Morgan fingerprint density at radius 1 is 1.30 bits per heavy atom. The zero-order valence-electron chi connectivity index (χ0n) is 11.8. The summed E-state index contributed by atoms with van der Waals surface area (Å²) in [7, 11) is 1.85. The molecule has 5 heteroatoms. The minimum Gasteiger partial charge on any atom is -0.352 e. The summed E-state index contributed by atoms with van der Waals surface area (Å²) in [5.41, 5.74) is 3.16. The SMILES string of the molecule is CNCC(C)C(=O)NCc1ccc(-c2ccn[nH]2)cc1. The van der Waals surface area contributed by atoms with Gasteiger partial charge in [0.15, 0.2) is 0 Å². The Labute approximate surface area is 118 Å². The molecule has 0 aliphatic heterocycles. The van der Waals surface area contributed by atoms with Gasteiger partial charge >= 0.3 is 0 Å². The molecule has 0 fully saturated rings. The van der Waals surface area contributed by atoms with Gasteiger partial charge in [-0.15, -0.1) is 0 Å². The molecule has 1 heterocycles. The lowest BCUT2D eigenvalue weighted by molar-refractivity contribution is -0.124. The Morgan fingerprint density at radius 3 is 2.65 bits per heavy atom. The predicted molar refractivity (Wildman–Crippen MR) is 79.0 cm³/mol. The van der Waals surface area contributed by atoms with E-state index in [1.807, 2.05) is 44.3 Å². The molecule has 2 aromatic rings. The second kappa shape index (κ2) is 6.86. The molecule has 106 valence electrons. The number of carbonyl (C=O) groups excluding carboxylic acids is 1. The number of hydrogen-bond donors (Lipinski definition) is 3. The lowest BCUT2D eigenvalue weighted by Gasteiger charge is -2.11. The number of rotatable bonds is 6. The summed E-state index contributed by atoms with van der Waals surface area (Å²) in [5.74, 6) is 0.0428. The molecule has 20 heavy (non-hydrogen) atoms. The average molecular weight is 272 g/mol. The van der Waals surface area contributed by atoms with Crippen LogP contribution < -0.4 is 10.6 Å². The smallest absolute Gasteiger partial charge is 0.224 e. The fourth-order valence-electron chi connectivity index (χ4n) is 1.98. The first-order valence-corrected chi connectivity index (χ1v) is 6.71. The molecule has 5 nitrogen and oxygen atoms in total. The molecule has 0 saturated carbocycles. The molecule has 0 aliphatic carbocycles. The molecule has 0 spiro atoms. The van der Waals surface area contributed by atoms with Crippen LogP contribution in [0.15, 0.2) is 36.5 Å². The Bertz CT molecular complexity index is 534. The van der Waals surface area contributed by atoms with Crippen molar-refractivity contribution in [3.8, 4) is 11.3 Å². The summed E-state index contributed by atoms with van der Waals surface area (Å²) in [5, 5.41) is 12.8. The first-order chi connectivity index (χ1) is 9.70. The van der Waals surface area contributed by atoms with E-state index < -0.39 is 0 Å². The van der Waals surface area contributed by atoms with Gasteiger partial charge in [0.05, 0.1) is 5.69 Å². The molecule has 1 unspecified atom stereocenters. The van der Waals surface area contributed by atoms with Crippen molar-refractivity contribution in [3.05, 3.63) is 42.1 Å². The van der Waals surface area contributed by atoms with Gasteiger partial charge in [-0.2, -0.15) is 5.10 Å². The van der Waals surface area contributed by atoms with E-state index in [9.17, 15) is 4.79 Å². The van der Waals surface area contributed by atoms with Gasteiger partial charge in [-0.3, -0.25) is 9.89 Å². The average Bonchev–Trinajstić information content (AvgIpc) is 2.99. The van der Waals surface area contributed by atoms with Crippen molar-refractivity contribution in [1.82, 2.24) is 20.8 Å². The summed E-state index contributed by atoms with van der Waals surface area (Å²) in [6.07, 6.45) is 1.73. The standard InChI is InChI=1S/C15H20N4O/c1-11(9-16-2)15(20)17-10-12-3-5-13(6-4-12)14-7-8-18-19-14/h3-8,11,16H,9-10H2,1-2H3,(H,17,20)(H,18,19). The highest BCUT2D eigenvalue weighted by atomic mass is 16.1. The van der Waals surface area contributed by atoms with Crippen molar-refractivity contribution in [2.75, 3.05) is 13.6 Å². The Balaban J connectivity index is 1.90. The van der Waals surface area contributed by atoms with Crippen molar-refractivity contribution < 1.29 is 4.79 Å². The van der Waals surface area contributed by atoms with Crippen molar-refractivity contribution in [3.63, 3.8) is 0 Å².